The second-order valence-electron chi connectivity index (χ2n) is 6.95. The van der Waals surface area contributed by atoms with E-state index in [-0.39, 0.29) is 0 Å². The van der Waals surface area contributed by atoms with Crippen LogP contribution in [0.5, 0.6) is 11.5 Å². The molecule has 2 heterocycles. The van der Waals surface area contributed by atoms with Gasteiger partial charge in [0.15, 0.2) is 5.65 Å². The van der Waals surface area contributed by atoms with E-state index in [2.05, 4.69) is 45.6 Å². The Labute approximate surface area is 169 Å². The fourth-order valence-corrected chi connectivity index (χ4v) is 3.29. The molecule has 4 heteroatoms. The van der Waals surface area contributed by atoms with Crippen LogP contribution >= 0.6 is 0 Å². The molecule has 5 aromatic rings. The van der Waals surface area contributed by atoms with Crippen LogP contribution in [-0.4, -0.2) is 14.4 Å². The van der Waals surface area contributed by atoms with E-state index in [1.54, 1.807) is 0 Å². The van der Waals surface area contributed by atoms with Crippen LogP contribution in [0, 0.1) is 6.92 Å². The average molecular weight is 377 g/mol. The molecule has 0 aliphatic carbocycles. The highest BCUT2D eigenvalue weighted by molar-refractivity contribution is 5.67. The molecule has 29 heavy (non-hydrogen) atoms. The molecular formula is C25H19N3O. The number of hydrogen-bond donors (Lipinski definition) is 0. The summed E-state index contributed by atoms with van der Waals surface area (Å²) >= 11 is 0. The number of benzene rings is 3. The summed E-state index contributed by atoms with van der Waals surface area (Å²) in [5.74, 6) is 1.62. The SMILES string of the molecule is Cc1ccc(-c2cn3c(-c4ccc(Oc5ccccc5)cc4)cnc3cn2)cc1. The molecule has 0 spiro atoms. The second kappa shape index (κ2) is 7.24. The Bertz CT molecular complexity index is 1260. The van der Waals surface area contributed by atoms with Gasteiger partial charge in [-0.3, -0.25) is 9.38 Å². The van der Waals surface area contributed by atoms with Crippen molar-refractivity contribution in [2.75, 3.05) is 0 Å². The predicted molar refractivity (Wildman–Crippen MR) is 115 cm³/mol. The molecule has 3 aromatic carbocycles. The van der Waals surface area contributed by atoms with E-state index >= 15 is 0 Å². The maximum atomic E-state index is 5.89. The van der Waals surface area contributed by atoms with Gasteiger partial charge in [-0.05, 0) is 43.3 Å². The van der Waals surface area contributed by atoms with Gasteiger partial charge in [0.2, 0.25) is 0 Å². The molecule has 0 aliphatic heterocycles. The van der Waals surface area contributed by atoms with E-state index < -0.39 is 0 Å². The molecule has 0 amide bonds. The zero-order chi connectivity index (χ0) is 19.6. The van der Waals surface area contributed by atoms with Crippen LogP contribution in [0.3, 0.4) is 0 Å². The summed E-state index contributed by atoms with van der Waals surface area (Å²) in [7, 11) is 0. The number of para-hydroxylation sites is 1. The van der Waals surface area contributed by atoms with E-state index in [1.807, 2.05) is 73.2 Å². The summed E-state index contributed by atoms with van der Waals surface area (Å²) < 4.78 is 7.97. The highest BCUT2D eigenvalue weighted by atomic mass is 16.5. The standard InChI is InChI=1S/C25H19N3O/c1-18-7-9-19(10-8-18)23-17-28-24(15-27-25(28)16-26-23)20-11-13-22(14-12-20)29-21-5-3-2-4-6-21/h2-17H,1H3. The molecule has 5 rings (SSSR count). The minimum atomic E-state index is 0.802. The monoisotopic (exact) mass is 377 g/mol. The van der Waals surface area contributed by atoms with Crippen LogP contribution in [0.1, 0.15) is 5.56 Å². The number of ether oxygens (including phenoxy) is 1. The van der Waals surface area contributed by atoms with Crippen molar-refractivity contribution in [3.05, 3.63) is 103 Å². The lowest BCUT2D eigenvalue weighted by atomic mass is 10.1. The van der Waals surface area contributed by atoms with Crippen LogP contribution in [-0.2, 0) is 0 Å². The van der Waals surface area contributed by atoms with Crippen molar-refractivity contribution in [1.82, 2.24) is 14.4 Å². The molecule has 0 bridgehead atoms. The number of fused-ring (bicyclic) bond motifs is 1. The molecule has 0 N–H and O–H groups in total. The van der Waals surface area contributed by atoms with Crippen molar-refractivity contribution >= 4 is 5.65 Å². The summed E-state index contributed by atoms with van der Waals surface area (Å²) in [6.07, 6.45) is 5.73. The minimum absolute atomic E-state index is 0.802. The highest BCUT2D eigenvalue weighted by Gasteiger charge is 2.09. The molecule has 2 aromatic heterocycles. The second-order valence-corrected chi connectivity index (χ2v) is 6.95. The van der Waals surface area contributed by atoms with Gasteiger partial charge in [-0.25, -0.2) is 4.98 Å². The molecule has 140 valence electrons. The Balaban J connectivity index is 1.48. The van der Waals surface area contributed by atoms with Gasteiger partial charge >= 0.3 is 0 Å². The Morgan fingerprint density at radius 2 is 1.38 bits per heavy atom. The lowest BCUT2D eigenvalue weighted by Crippen LogP contribution is -1.93. The normalized spacial score (nSPS) is 10.9. The summed E-state index contributed by atoms with van der Waals surface area (Å²) in [6, 6.07) is 26.2. The third-order valence-corrected chi connectivity index (χ3v) is 4.87. The van der Waals surface area contributed by atoms with Crippen molar-refractivity contribution in [2.24, 2.45) is 0 Å². The summed E-state index contributed by atoms with van der Waals surface area (Å²) in [5.41, 5.74) is 6.14. The molecule has 0 unspecified atom stereocenters. The Kier molecular flexibility index (Phi) is 4.30. The summed E-state index contributed by atoms with van der Waals surface area (Å²) in [6.45, 7) is 2.08. The number of aromatic nitrogens is 3. The van der Waals surface area contributed by atoms with Crippen molar-refractivity contribution in [3.8, 4) is 34.0 Å². The van der Waals surface area contributed by atoms with Crippen molar-refractivity contribution in [2.45, 2.75) is 6.92 Å². The number of nitrogens with zero attached hydrogens (tertiary/aromatic N) is 3. The maximum absolute atomic E-state index is 5.89. The van der Waals surface area contributed by atoms with Gasteiger partial charge in [0.1, 0.15) is 11.5 Å². The van der Waals surface area contributed by atoms with Crippen LogP contribution in [0.2, 0.25) is 0 Å². The van der Waals surface area contributed by atoms with Gasteiger partial charge in [-0.15, -0.1) is 0 Å². The molecule has 0 fully saturated rings. The zero-order valence-electron chi connectivity index (χ0n) is 16.0. The van der Waals surface area contributed by atoms with Gasteiger partial charge in [0, 0.05) is 17.3 Å². The Morgan fingerprint density at radius 3 is 2.14 bits per heavy atom. The topological polar surface area (TPSA) is 39.4 Å². The fraction of sp³-hybridized carbons (Fsp3) is 0.0400. The van der Waals surface area contributed by atoms with Crippen molar-refractivity contribution in [1.29, 1.82) is 0 Å². The van der Waals surface area contributed by atoms with E-state index in [4.69, 9.17) is 4.74 Å². The first-order valence-electron chi connectivity index (χ1n) is 9.50. The van der Waals surface area contributed by atoms with Gasteiger partial charge < -0.3 is 4.74 Å². The van der Waals surface area contributed by atoms with Crippen LogP contribution < -0.4 is 4.74 Å². The first kappa shape index (κ1) is 17.2. The third kappa shape index (κ3) is 3.48. The van der Waals surface area contributed by atoms with Gasteiger partial charge in [0.25, 0.3) is 0 Å². The third-order valence-electron chi connectivity index (χ3n) is 4.87. The number of aryl methyl sites for hydroxylation is 1. The summed E-state index contributed by atoms with van der Waals surface area (Å²) in [4.78, 5) is 9.07. The number of hydrogen-bond acceptors (Lipinski definition) is 3. The van der Waals surface area contributed by atoms with Gasteiger partial charge in [-0.1, -0.05) is 48.0 Å². The van der Waals surface area contributed by atoms with Crippen LogP contribution in [0.4, 0.5) is 0 Å². The van der Waals surface area contributed by atoms with Gasteiger partial charge in [0.05, 0.1) is 23.8 Å². The molecule has 0 aliphatic rings. The fourth-order valence-electron chi connectivity index (χ4n) is 3.29. The van der Waals surface area contributed by atoms with E-state index in [1.165, 1.54) is 5.56 Å². The van der Waals surface area contributed by atoms with E-state index in [9.17, 15) is 0 Å². The minimum Gasteiger partial charge on any atom is -0.457 e. The molecule has 0 saturated carbocycles. The maximum Gasteiger partial charge on any atom is 0.155 e. The number of rotatable bonds is 4. The molecule has 0 atom stereocenters. The lowest BCUT2D eigenvalue weighted by Gasteiger charge is -2.08. The van der Waals surface area contributed by atoms with Gasteiger partial charge in [-0.2, -0.15) is 0 Å². The quantitative estimate of drug-likeness (QED) is 0.376. The molecular weight excluding hydrogens is 358 g/mol. The number of imidazole rings is 1. The molecule has 0 saturated heterocycles. The Hall–Kier alpha value is -3.92. The summed E-state index contributed by atoms with van der Waals surface area (Å²) in [5, 5.41) is 0. The smallest absolute Gasteiger partial charge is 0.155 e. The molecule has 4 nitrogen and oxygen atoms in total. The largest absolute Gasteiger partial charge is 0.457 e. The average Bonchev–Trinajstić information content (AvgIpc) is 3.19. The molecule has 0 radical (unpaired) electrons. The van der Waals surface area contributed by atoms with Crippen LogP contribution in [0.15, 0.2) is 97.5 Å². The van der Waals surface area contributed by atoms with Crippen molar-refractivity contribution < 1.29 is 4.74 Å². The van der Waals surface area contributed by atoms with E-state index in [0.717, 1.165) is 39.7 Å². The first-order valence-corrected chi connectivity index (χ1v) is 9.50. The van der Waals surface area contributed by atoms with E-state index in [0.29, 0.717) is 0 Å². The Morgan fingerprint density at radius 1 is 0.690 bits per heavy atom. The van der Waals surface area contributed by atoms with Crippen molar-refractivity contribution in [3.63, 3.8) is 0 Å². The zero-order valence-corrected chi connectivity index (χ0v) is 16.0. The lowest BCUT2D eigenvalue weighted by molar-refractivity contribution is 0.483. The predicted octanol–water partition coefficient (Wildman–Crippen LogP) is 6.16. The first-order chi connectivity index (χ1) is 14.3. The highest BCUT2D eigenvalue weighted by Crippen LogP contribution is 2.27. The van der Waals surface area contributed by atoms with Crippen LogP contribution in [0.25, 0.3) is 28.2 Å².